The van der Waals surface area contributed by atoms with Crippen LogP contribution in [0.25, 0.3) is 0 Å². The highest BCUT2D eigenvalue weighted by Gasteiger charge is 2.00. The fourth-order valence-corrected chi connectivity index (χ4v) is 1.55. The normalized spacial score (nSPS) is 9.93. The second kappa shape index (κ2) is 5.42. The average Bonchev–Trinajstić information content (AvgIpc) is 2.16. The van der Waals surface area contributed by atoms with Crippen LogP contribution in [0.5, 0.6) is 5.75 Å². The summed E-state index contributed by atoms with van der Waals surface area (Å²) in [6.45, 7) is 6.25. The molecular formula is C11H12BrClO. The number of hydrogen-bond acceptors (Lipinski definition) is 1. The molecular weight excluding hydrogens is 263 g/mol. The Labute approximate surface area is 97.9 Å². The fraction of sp³-hybridized carbons (Fsp3) is 0.273. The van der Waals surface area contributed by atoms with Gasteiger partial charge in [0.1, 0.15) is 12.4 Å². The van der Waals surface area contributed by atoms with Crippen molar-refractivity contribution in [1.82, 2.24) is 0 Å². The first kappa shape index (κ1) is 11.6. The molecule has 0 fully saturated rings. The second-order valence-corrected chi connectivity index (χ2v) is 4.27. The Balaban J connectivity index is 2.63. The monoisotopic (exact) mass is 274 g/mol. The van der Waals surface area contributed by atoms with Crippen LogP contribution < -0.4 is 4.74 Å². The maximum absolute atomic E-state index is 5.60. The van der Waals surface area contributed by atoms with Gasteiger partial charge in [0.2, 0.25) is 0 Å². The van der Waals surface area contributed by atoms with Gasteiger partial charge in [-0.2, -0.15) is 0 Å². The van der Waals surface area contributed by atoms with E-state index in [0.717, 1.165) is 21.4 Å². The third-order valence-corrected chi connectivity index (χ3v) is 2.63. The van der Waals surface area contributed by atoms with Crippen LogP contribution in [0.15, 0.2) is 34.8 Å². The zero-order valence-corrected chi connectivity index (χ0v) is 10.4. The van der Waals surface area contributed by atoms with Crippen molar-refractivity contribution in [1.29, 1.82) is 0 Å². The van der Waals surface area contributed by atoms with E-state index in [1.165, 1.54) is 0 Å². The number of alkyl halides is 1. The first-order valence-electron chi connectivity index (χ1n) is 4.25. The van der Waals surface area contributed by atoms with E-state index >= 15 is 0 Å². The first-order chi connectivity index (χ1) is 6.63. The smallest absolute Gasteiger partial charge is 0.122 e. The molecule has 1 nitrogen and oxygen atoms in total. The Hall–Kier alpha value is -0.470. The molecule has 0 aromatic heterocycles. The lowest BCUT2D eigenvalue weighted by molar-refractivity contribution is 0.350. The summed E-state index contributed by atoms with van der Waals surface area (Å²) in [5.41, 5.74) is 1.98. The molecule has 0 spiro atoms. The van der Waals surface area contributed by atoms with Crippen LogP contribution in [0.4, 0.5) is 0 Å². The number of halogens is 2. The van der Waals surface area contributed by atoms with Gasteiger partial charge in [-0.15, -0.1) is 11.6 Å². The number of benzene rings is 1. The minimum absolute atomic E-state index is 0.440. The molecule has 0 saturated carbocycles. The summed E-state index contributed by atoms with van der Waals surface area (Å²) in [5, 5.41) is 0. The van der Waals surface area contributed by atoms with Crippen LogP contribution in [-0.4, -0.2) is 12.5 Å². The largest absolute Gasteiger partial charge is 0.489 e. The third-order valence-electron chi connectivity index (χ3n) is 1.76. The van der Waals surface area contributed by atoms with Gasteiger partial charge in [-0.1, -0.05) is 22.5 Å². The molecule has 0 atom stereocenters. The Morgan fingerprint density at radius 3 is 2.86 bits per heavy atom. The molecule has 3 heteroatoms. The predicted octanol–water partition coefficient (Wildman–Crippen LogP) is 3.93. The molecule has 14 heavy (non-hydrogen) atoms. The highest BCUT2D eigenvalue weighted by molar-refractivity contribution is 9.10. The van der Waals surface area contributed by atoms with Gasteiger partial charge in [0, 0.05) is 10.4 Å². The van der Waals surface area contributed by atoms with Crippen LogP contribution in [0.1, 0.15) is 5.56 Å². The van der Waals surface area contributed by atoms with Gasteiger partial charge in [0.25, 0.3) is 0 Å². The van der Waals surface area contributed by atoms with Gasteiger partial charge in [-0.25, -0.2) is 0 Å². The lowest BCUT2D eigenvalue weighted by Gasteiger charge is -2.09. The molecule has 0 unspecified atom stereocenters. The molecule has 0 aliphatic carbocycles. The molecule has 0 radical (unpaired) electrons. The summed E-state index contributed by atoms with van der Waals surface area (Å²) in [4.78, 5) is 0. The van der Waals surface area contributed by atoms with Crippen LogP contribution in [0.3, 0.4) is 0 Å². The van der Waals surface area contributed by atoms with Gasteiger partial charge in [0.15, 0.2) is 0 Å². The molecule has 1 aromatic rings. The van der Waals surface area contributed by atoms with Crippen molar-refractivity contribution >= 4 is 27.5 Å². The lowest BCUT2D eigenvalue weighted by Crippen LogP contribution is -2.02. The minimum Gasteiger partial charge on any atom is -0.489 e. The molecule has 0 bridgehead atoms. The molecule has 0 aliphatic rings. The maximum Gasteiger partial charge on any atom is 0.122 e. The van der Waals surface area contributed by atoms with Gasteiger partial charge in [-0.05, 0) is 36.3 Å². The van der Waals surface area contributed by atoms with E-state index in [9.17, 15) is 0 Å². The molecule has 76 valence electrons. The van der Waals surface area contributed by atoms with E-state index in [-0.39, 0.29) is 0 Å². The van der Waals surface area contributed by atoms with Crippen LogP contribution in [0, 0.1) is 6.92 Å². The molecule has 0 N–H and O–H groups in total. The van der Waals surface area contributed by atoms with E-state index in [1.54, 1.807) is 0 Å². The average molecular weight is 276 g/mol. The maximum atomic E-state index is 5.60. The van der Waals surface area contributed by atoms with E-state index in [0.29, 0.717) is 12.5 Å². The van der Waals surface area contributed by atoms with Crippen molar-refractivity contribution in [2.45, 2.75) is 6.92 Å². The Bertz CT molecular complexity index is 336. The Morgan fingerprint density at radius 1 is 1.57 bits per heavy atom. The summed E-state index contributed by atoms with van der Waals surface area (Å²) in [5.74, 6) is 1.31. The molecule has 0 saturated heterocycles. The Kier molecular flexibility index (Phi) is 4.49. The summed E-state index contributed by atoms with van der Waals surface area (Å²) >= 11 is 8.99. The van der Waals surface area contributed by atoms with Crippen LogP contribution >= 0.6 is 27.5 Å². The quantitative estimate of drug-likeness (QED) is 0.597. The number of aryl methyl sites for hydroxylation is 1. The van der Waals surface area contributed by atoms with Crippen molar-refractivity contribution in [3.05, 3.63) is 40.4 Å². The highest BCUT2D eigenvalue weighted by Crippen LogP contribution is 2.22. The predicted molar refractivity (Wildman–Crippen MR) is 64.2 cm³/mol. The van der Waals surface area contributed by atoms with Crippen molar-refractivity contribution in [3.63, 3.8) is 0 Å². The summed E-state index contributed by atoms with van der Waals surface area (Å²) in [6, 6.07) is 5.89. The second-order valence-electron chi connectivity index (χ2n) is 3.08. The van der Waals surface area contributed by atoms with Gasteiger partial charge in [-0.3, -0.25) is 0 Å². The van der Waals surface area contributed by atoms with E-state index in [4.69, 9.17) is 16.3 Å². The molecule has 0 aliphatic heterocycles. The number of hydrogen-bond donors (Lipinski definition) is 0. The minimum atomic E-state index is 0.440. The Morgan fingerprint density at radius 2 is 2.29 bits per heavy atom. The molecule has 0 amide bonds. The standard InChI is InChI=1S/C11H12BrClO/c1-8(6-13)7-14-11-4-3-10(12)5-9(11)2/h3-5H,1,6-7H2,2H3. The summed E-state index contributed by atoms with van der Waals surface area (Å²) < 4.78 is 6.59. The summed E-state index contributed by atoms with van der Waals surface area (Å²) in [7, 11) is 0. The van der Waals surface area contributed by atoms with Gasteiger partial charge < -0.3 is 4.74 Å². The molecule has 0 heterocycles. The summed E-state index contributed by atoms with van der Waals surface area (Å²) in [6.07, 6.45) is 0. The first-order valence-corrected chi connectivity index (χ1v) is 5.58. The number of rotatable bonds is 4. The van der Waals surface area contributed by atoms with E-state index in [2.05, 4.69) is 22.5 Å². The van der Waals surface area contributed by atoms with Crippen LogP contribution in [0.2, 0.25) is 0 Å². The zero-order chi connectivity index (χ0) is 10.6. The highest BCUT2D eigenvalue weighted by atomic mass is 79.9. The van der Waals surface area contributed by atoms with Gasteiger partial charge >= 0.3 is 0 Å². The van der Waals surface area contributed by atoms with Gasteiger partial charge in [0.05, 0.1) is 0 Å². The SMILES string of the molecule is C=C(CCl)COc1ccc(Br)cc1C. The van der Waals surface area contributed by atoms with Crippen molar-refractivity contribution in [2.24, 2.45) is 0 Å². The van der Waals surface area contributed by atoms with Crippen LogP contribution in [-0.2, 0) is 0 Å². The fourth-order valence-electron chi connectivity index (χ4n) is 0.993. The van der Waals surface area contributed by atoms with Crippen molar-refractivity contribution < 1.29 is 4.74 Å². The molecule has 1 rings (SSSR count). The van der Waals surface area contributed by atoms with E-state index < -0.39 is 0 Å². The molecule has 1 aromatic carbocycles. The van der Waals surface area contributed by atoms with Crippen molar-refractivity contribution in [3.8, 4) is 5.75 Å². The number of ether oxygens (including phenoxy) is 1. The van der Waals surface area contributed by atoms with Crippen molar-refractivity contribution in [2.75, 3.05) is 12.5 Å². The zero-order valence-electron chi connectivity index (χ0n) is 8.02. The third kappa shape index (κ3) is 3.35. The topological polar surface area (TPSA) is 9.23 Å². The lowest BCUT2D eigenvalue weighted by atomic mass is 10.2. The van der Waals surface area contributed by atoms with E-state index in [1.807, 2.05) is 25.1 Å².